The molecule has 1 saturated heterocycles. The average Bonchev–Trinajstić information content (AvgIpc) is 3.31. The molecule has 0 aliphatic carbocycles. The van der Waals surface area contributed by atoms with E-state index in [0.717, 1.165) is 49.5 Å². The molecule has 174 valence electrons. The fourth-order valence-electron chi connectivity index (χ4n) is 4.28. The number of benzene rings is 2. The van der Waals surface area contributed by atoms with Crippen molar-refractivity contribution in [2.75, 3.05) is 29.9 Å². The summed E-state index contributed by atoms with van der Waals surface area (Å²) in [6, 6.07) is 23.9. The van der Waals surface area contributed by atoms with Gasteiger partial charge in [0.15, 0.2) is 6.61 Å². The van der Waals surface area contributed by atoms with Crippen LogP contribution in [0.25, 0.3) is 5.65 Å². The summed E-state index contributed by atoms with van der Waals surface area (Å²) in [7, 11) is 0. The van der Waals surface area contributed by atoms with Crippen LogP contribution in [0, 0.1) is 0 Å². The third-order valence-electron chi connectivity index (χ3n) is 6.11. The predicted molar refractivity (Wildman–Crippen MR) is 134 cm³/mol. The molecule has 1 aliphatic rings. The van der Waals surface area contributed by atoms with Crippen molar-refractivity contribution >= 4 is 22.9 Å². The van der Waals surface area contributed by atoms with Crippen LogP contribution in [0.4, 0.5) is 11.4 Å². The summed E-state index contributed by atoms with van der Waals surface area (Å²) < 4.78 is 7.56. The fraction of sp³-hybridized carbons (Fsp3) is 0.259. The number of hydrogen-bond acceptors (Lipinski definition) is 5. The number of piperidine rings is 1. The van der Waals surface area contributed by atoms with Gasteiger partial charge in [-0.15, -0.1) is 0 Å². The van der Waals surface area contributed by atoms with Crippen LogP contribution < -0.4 is 20.3 Å². The van der Waals surface area contributed by atoms with E-state index in [4.69, 9.17) is 4.74 Å². The molecular formula is C27H29N5O2. The number of amides is 1. The van der Waals surface area contributed by atoms with Crippen LogP contribution in [0.2, 0.25) is 0 Å². The zero-order valence-electron chi connectivity index (χ0n) is 19.1. The van der Waals surface area contributed by atoms with Crippen molar-refractivity contribution in [3.8, 4) is 5.75 Å². The van der Waals surface area contributed by atoms with Gasteiger partial charge < -0.3 is 24.7 Å². The molecule has 1 fully saturated rings. The lowest BCUT2D eigenvalue weighted by Gasteiger charge is -2.34. The van der Waals surface area contributed by atoms with E-state index < -0.39 is 0 Å². The first-order valence-electron chi connectivity index (χ1n) is 11.7. The number of nitrogens with one attached hydrogen (secondary N) is 2. The summed E-state index contributed by atoms with van der Waals surface area (Å²) in [5.41, 5.74) is 4.00. The standard InChI is InChI=1S/C27H29N5O2/c33-27(20-34-25-6-2-1-3-7-25)30-22-9-11-24(12-10-22)31-16-13-21(14-17-31)28-18-23-19-32-15-5-4-8-26(32)29-23/h1-12,15,19,21,28H,13-14,16-18,20H2,(H,30,33). The molecular weight excluding hydrogens is 426 g/mol. The van der Waals surface area contributed by atoms with Gasteiger partial charge in [0.25, 0.3) is 5.91 Å². The summed E-state index contributed by atoms with van der Waals surface area (Å²) in [5.74, 6) is 0.512. The molecule has 5 rings (SSSR count). The summed E-state index contributed by atoms with van der Waals surface area (Å²) in [5, 5.41) is 6.55. The van der Waals surface area contributed by atoms with Crippen molar-refractivity contribution in [3.63, 3.8) is 0 Å². The molecule has 0 unspecified atom stereocenters. The second-order valence-electron chi connectivity index (χ2n) is 8.54. The van der Waals surface area contributed by atoms with E-state index in [2.05, 4.69) is 43.2 Å². The Morgan fingerprint density at radius 2 is 1.74 bits per heavy atom. The van der Waals surface area contributed by atoms with Crippen molar-refractivity contribution in [1.29, 1.82) is 0 Å². The number of carbonyl (C=O) groups excluding carboxylic acids is 1. The predicted octanol–water partition coefficient (Wildman–Crippen LogP) is 4.11. The Labute approximate surface area is 199 Å². The minimum Gasteiger partial charge on any atom is -0.484 e. The number of nitrogens with zero attached hydrogens (tertiary/aromatic N) is 3. The lowest BCUT2D eigenvalue weighted by Crippen LogP contribution is -2.42. The van der Waals surface area contributed by atoms with E-state index in [1.54, 1.807) is 0 Å². The van der Waals surface area contributed by atoms with Crippen LogP contribution in [-0.4, -0.2) is 41.0 Å². The zero-order chi connectivity index (χ0) is 23.2. The van der Waals surface area contributed by atoms with Gasteiger partial charge in [0.2, 0.25) is 0 Å². The minimum absolute atomic E-state index is 0.0127. The van der Waals surface area contributed by atoms with Crippen LogP contribution in [0.3, 0.4) is 0 Å². The molecule has 0 atom stereocenters. The maximum atomic E-state index is 12.2. The molecule has 0 spiro atoms. The molecule has 34 heavy (non-hydrogen) atoms. The van der Waals surface area contributed by atoms with Gasteiger partial charge in [-0.05, 0) is 61.4 Å². The van der Waals surface area contributed by atoms with E-state index in [1.807, 2.05) is 66.9 Å². The molecule has 2 aromatic heterocycles. The van der Waals surface area contributed by atoms with E-state index in [0.29, 0.717) is 11.8 Å². The number of pyridine rings is 1. The molecule has 4 aromatic rings. The third kappa shape index (κ3) is 5.55. The van der Waals surface area contributed by atoms with Crippen molar-refractivity contribution in [3.05, 3.63) is 90.9 Å². The topological polar surface area (TPSA) is 70.9 Å². The minimum atomic E-state index is -0.172. The normalized spacial score (nSPS) is 14.3. The summed E-state index contributed by atoms with van der Waals surface area (Å²) in [6.45, 7) is 2.77. The monoisotopic (exact) mass is 455 g/mol. The molecule has 0 radical (unpaired) electrons. The number of para-hydroxylation sites is 1. The number of aromatic nitrogens is 2. The third-order valence-corrected chi connectivity index (χ3v) is 6.11. The Bertz CT molecular complexity index is 1180. The van der Waals surface area contributed by atoms with Crippen molar-refractivity contribution in [2.45, 2.75) is 25.4 Å². The van der Waals surface area contributed by atoms with E-state index in [-0.39, 0.29) is 12.5 Å². The number of fused-ring (bicyclic) bond motifs is 1. The molecule has 0 saturated carbocycles. The molecule has 3 heterocycles. The van der Waals surface area contributed by atoms with Crippen molar-refractivity contribution < 1.29 is 9.53 Å². The Kier molecular flexibility index (Phi) is 6.72. The lowest BCUT2D eigenvalue weighted by molar-refractivity contribution is -0.118. The molecule has 1 aliphatic heterocycles. The molecule has 2 aromatic carbocycles. The molecule has 2 N–H and O–H groups in total. The van der Waals surface area contributed by atoms with Gasteiger partial charge in [-0.1, -0.05) is 24.3 Å². The maximum absolute atomic E-state index is 12.2. The molecule has 0 bridgehead atoms. The summed E-state index contributed by atoms with van der Waals surface area (Å²) in [6.07, 6.45) is 6.29. The Hall–Kier alpha value is -3.84. The fourth-order valence-corrected chi connectivity index (χ4v) is 4.28. The Balaban J connectivity index is 1.06. The highest BCUT2D eigenvalue weighted by Crippen LogP contribution is 2.22. The first-order valence-corrected chi connectivity index (χ1v) is 11.7. The van der Waals surface area contributed by atoms with Crippen LogP contribution >= 0.6 is 0 Å². The molecule has 7 nitrogen and oxygen atoms in total. The van der Waals surface area contributed by atoms with Crippen LogP contribution in [-0.2, 0) is 11.3 Å². The second kappa shape index (κ2) is 10.4. The van der Waals surface area contributed by atoms with Gasteiger partial charge in [-0.3, -0.25) is 4.79 Å². The Morgan fingerprint density at radius 3 is 2.50 bits per heavy atom. The molecule has 7 heteroatoms. The highest BCUT2D eigenvalue weighted by Gasteiger charge is 2.19. The number of rotatable bonds is 8. The number of anilines is 2. The summed E-state index contributed by atoms with van der Waals surface area (Å²) >= 11 is 0. The average molecular weight is 456 g/mol. The van der Waals surface area contributed by atoms with Crippen molar-refractivity contribution in [1.82, 2.24) is 14.7 Å². The number of carbonyl (C=O) groups is 1. The number of imidazole rings is 1. The van der Waals surface area contributed by atoms with Gasteiger partial charge >= 0.3 is 0 Å². The smallest absolute Gasteiger partial charge is 0.262 e. The largest absolute Gasteiger partial charge is 0.484 e. The van der Waals surface area contributed by atoms with Gasteiger partial charge in [0.1, 0.15) is 11.4 Å². The molecule has 1 amide bonds. The first-order chi connectivity index (χ1) is 16.7. The van der Waals surface area contributed by atoms with E-state index in [1.165, 1.54) is 5.69 Å². The summed E-state index contributed by atoms with van der Waals surface area (Å²) in [4.78, 5) is 19.2. The van der Waals surface area contributed by atoms with Crippen LogP contribution in [0.5, 0.6) is 5.75 Å². The second-order valence-corrected chi connectivity index (χ2v) is 8.54. The van der Waals surface area contributed by atoms with Gasteiger partial charge in [0, 0.05) is 49.4 Å². The number of ether oxygens (including phenoxy) is 1. The maximum Gasteiger partial charge on any atom is 0.262 e. The quantitative estimate of drug-likeness (QED) is 0.418. The highest BCUT2D eigenvalue weighted by atomic mass is 16.5. The van der Waals surface area contributed by atoms with Gasteiger partial charge in [-0.25, -0.2) is 4.98 Å². The van der Waals surface area contributed by atoms with Crippen molar-refractivity contribution in [2.24, 2.45) is 0 Å². The zero-order valence-corrected chi connectivity index (χ0v) is 19.1. The highest BCUT2D eigenvalue weighted by molar-refractivity contribution is 5.92. The number of hydrogen-bond donors (Lipinski definition) is 2. The van der Waals surface area contributed by atoms with Crippen LogP contribution in [0.15, 0.2) is 85.2 Å². The van der Waals surface area contributed by atoms with Gasteiger partial charge in [0.05, 0.1) is 5.69 Å². The van der Waals surface area contributed by atoms with Crippen LogP contribution in [0.1, 0.15) is 18.5 Å². The van der Waals surface area contributed by atoms with E-state index in [9.17, 15) is 4.79 Å². The van der Waals surface area contributed by atoms with E-state index >= 15 is 0 Å². The Morgan fingerprint density at radius 1 is 0.971 bits per heavy atom. The first kappa shape index (κ1) is 22.0. The SMILES string of the molecule is O=C(COc1ccccc1)Nc1ccc(N2CCC(NCc3cn4ccccc4n3)CC2)cc1. The lowest BCUT2D eigenvalue weighted by atomic mass is 10.0. The van der Waals surface area contributed by atoms with Gasteiger partial charge in [-0.2, -0.15) is 0 Å².